The molecule has 40 heavy (non-hydrogen) atoms. The van der Waals surface area contributed by atoms with Crippen molar-refractivity contribution in [3.8, 4) is 0 Å². The van der Waals surface area contributed by atoms with E-state index in [1.807, 2.05) is 37.1 Å². The molecule has 3 aromatic rings. The molecule has 2 aliphatic heterocycles. The molecule has 2 aliphatic carbocycles. The maximum Gasteiger partial charge on any atom is 0.244 e. The number of benzene rings is 2. The highest BCUT2D eigenvalue weighted by Crippen LogP contribution is 2.48. The molecule has 2 amide bonds. The number of likely N-dealkylation sites (N-methyl/N-ethyl adjacent to an activating group) is 1. The zero-order valence-electron chi connectivity index (χ0n) is 22.8. The molecular weight excluding hydrogens is 510 g/mol. The quantitative estimate of drug-likeness (QED) is 0.514. The van der Waals surface area contributed by atoms with Gasteiger partial charge in [0.15, 0.2) is 0 Å². The van der Waals surface area contributed by atoms with Crippen LogP contribution in [0.2, 0.25) is 0 Å². The average molecular weight is 543 g/mol. The van der Waals surface area contributed by atoms with Gasteiger partial charge in [-0.2, -0.15) is 0 Å². The van der Waals surface area contributed by atoms with Gasteiger partial charge in [-0.3, -0.25) is 14.5 Å². The number of fused-ring (bicyclic) bond motifs is 3. The van der Waals surface area contributed by atoms with Crippen LogP contribution in [-0.4, -0.2) is 45.7 Å². The van der Waals surface area contributed by atoms with Crippen LogP contribution in [0.4, 0.5) is 14.6 Å². The molecule has 8 heteroatoms. The van der Waals surface area contributed by atoms with E-state index in [4.69, 9.17) is 0 Å². The van der Waals surface area contributed by atoms with Crippen LogP contribution in [0.1, 0.15) is 60.4 Å². The van der Waals surface area contributed by atoms with Crippen LogP contribution in [0.3, 0.4) is 0 Å². The number of carbonyl (C=O) groups is 2. The molecule has 4 aliphatic rings. The minimum Gasteiger partial charge on any atom is -0.326 e. The van der Waals surface area contributed by atoms with Crippen molar-refractivity contribution in [1.29, 1.82) is 0 Å². The molecular formula is C32H32F2N4O2. The number of carbonyl (C=O) groups excluding carboxylic acids is 2. The summed E-state index contributed by atoms with van der Waals surface area (Å²) in [6, 6.07) is 13.6. The van der Waals surface area contributed by atoms with Gasteiger partial charge in [-0.05, 0) is 80.1 Å². The molecule has 2 atom stereocenters. The van der Waals surface area contributed by atoms with Crippen LogP contribution in [0, 0.1) is 11.6 Å². The van der Waals surface area contributed by atoms with Crippen molar-refractivity contribution in [3.05, 3.63) is 94.2 Å². The van der Waals surface area contributed by atoms with Crippen LogP contribution in [0.5, 0.6) is 0 Å². The van der Waals surface area contributed by atoms with Crippen LogP contribution in [-0.2, 0) is 39.9 Å². The van der Waals surface area contributed by atoms with Gasteiger partial charge in [-0.25, -0.2) is 13.8 Å². The van der Waals surface area contributed by atoms with Gasteiger partial charge in [-0.15, -0.1) is 0 Å². The third-order valence-electron chi connectivity index (χ3n) is 10.0. The van der Waals surface area contributed by atoms with Gasteiger partial charge < -0.3 is 10.2 Å². The van der Waals surface area contributed by atoms with Gasteiger partial charge >= 0.3 is 0 Å². The summed E-state index contributed by atoms with van der Waals surface area (Å²) in [5.41, 5.74) is 2.32. The van der Waals surface area contributed by atoms with Crippen molar-refractivity contribution < 1.29 is 18.4 Å². The van der Waals surface area contributed by atoms with E-state index in [0.717, 1.165) is 54.0 Å². The monoisotopic (exact) mass is 542 g/mol. The lowest BCUT2D eigenvalue weighted by atomic mass is 9.79. The number of amides is 2. The lowest BCUT2D eigenvalue weighted by Gasteiger charge is -2.56. The number of piperazine rings is 1. The highest BCUT2D eigenvalue weighted by molar-refractivity contribution is 6.06. The summed E-state index contributed by atoms with van der Waals surface area (Å²) < 4.78 is 28.9. The lowest BCUT2D eigenvalue weighted by molar-refractivity contribution is -0.164. The van der Waals surface area contributed by atoms with Gasteiger partial charge in [0.25, 0.3) is 0 Å². The molecule has 3 heterocycles. The van der Waals surface area contributed by atoms with Gasteiger partial charge in [0.1, 0.15) is 23.0 Å². The first-order chi connectivity index (χ1) is 19.1. The topological polar surface area (TPSA) is 65.5 Å². The summed E-state index contributed by atoms with van der Waals surface area (Å²) in [7, 11) is 1.96. The van der Waals surface area contributed by atoms with E-state index in [0.29, 0.717) is 37.3 Å². The first kappa shape index (κ1) is 25.3. The molecule has 7 rings (SSSR count). The minimum atomic E-state index is -0.932. The highest BCUT2D eigenvalue weighted by atomic mass is 19.1. The fraction of sp³-hybridized carbons (Fsp3) is 0.406. The second kappa shape index (κ2) is 8.67. The molecule has 2 fully saturated rings. The Kier molecular flexibility index (Phi) is 5.49. The van der Waals surface area contributed by atoms with Crippen molar-refractivity contribution >= 4 is 17.6 Å². The zero-order chi connectivity index (χ0) is 27.9. The summed E-state index contributed by atoms with van der Waals surface area (Å²) >= 11 is 0. The Bertz CT molecular complexity index is 1550. The van der Waals surface area contributed by atoms with E-state index in [1.165, 1.54) is 12.1 Å². The highest BCUT2D eigenvalue weighted by Gasteiger charge is 2.56. The van der Waals surface area contributed by atoms with E-state index in [9.17, 15) is 18.4 Å². The normalized spacial score (nSPS) is 26.9. The lowest BCUT2D eigenvalue weighted by Crippen LogP contribution is -2.70. The first-order valence-corrected chi connectivity index (χ1v) is 14.0. The molecule has 1 aromatic heterocycles. The van der Waals surface area contributed by atoms with Gasteiger partial charge in [0, 0.05) is 30.9 Å². The Morgan fingerprint density at radius 1 is 0.975 bits per heavy atom. The number of rotatable bonds is 3. The molecule has 6 nitrogen and oxygen atoms in total. The fourth-order valence-corrected chi connectivity index (χ4v) is 7.85. The fourth-order valence-electron chi connectivity index (χ4n) is 7.85. The van der Waals surface area contributed by atoms with E-state index in [2.05, 4.69) is 27.3 Å². The molecule has 2 aromatic carbocycles. The molecule has 206 valence electrons. The average Bonchev–Trinajstić information content (AvgIpc) is 3.62. The Balaban J connectivity index is 1.26. The number of anilines is 1. The maximum atomic E-state index is 14.4. The number of hydrogen-bond donors (Lipinski definition) is 1. The largest absolute Gasteiger partial charge is 0.326 e. The number of nitrogens with one attached hydrogen (secondary N) is 1. The second-order valence-corrected chi connectivity index (χ2v) is 12.3. The predicted molar refractivity (Wildman–Crippen MR) is 146 cm³/mol. The Labute approximate surface area is 232 Å². The molecule has 1 N–H and O–H groups in total. The van der Waals surface area contributed by atoms with Gasteiger partial charge in [0.2, 0.25) is 11.8 Å². The third kappa shape index (κ3) is 3.51. The summed E-state index contributed by atoms with van der Waals surface area (Å²) in [4.78, 5) is 35.9. The van der Waals surface area contributed by atoms with Crippen molar-refractivity contribution in [3.63, 3.8) is 0 Å². The number of halogens is 2. The Morgan fingerprint density at radius 3 is 2.45 bits per heavy atom. The van der Waals surface area contributed by atoms with Crippen molar-refractivity contribution in [2.75, 3.05) is 18.9 Å². The molecule has 1 saturated heterocycles. The summed E-state index contributed by atoms with van der Waals surface area (Å²) in [6.07, 6.45) is 6.37. The van der Waals surface area contributed by atoms with Crippen LogP contribution >= 0.6 is 0 Å². The first-order valence-electron chi connectivity index (χ1n) is 14.0. The van der Waals surface area contributed by atoms with Gasteiger partial charge in [-0.1, -0.05) is 37.1 Å². The van der Waals surface area contributed by atoms with Crippen molar-refractivity contribution in [2.24, 2.45) is 0 Å². The van der Waals surface area contributed by atoms with Crippen molar-refractivity contribution in [1.82, 2.24) is 14.8 Å². The zero-order valence-corrected chi connectivity index (χ0v) is 22.8. The molecule has 2 spiro atoms. The van der Waals surface area contributed by atoms with Crippen LogP contribution in [0.15, 0.2) is 54.7 Å². The van der Waals surface area contributed by atoms with Crippen LogP contribution in [0.25, 0.3) is 0 Å². The predicted octanol–water partition coefficient (Wildman–Crippen LogP) is 4.85. The van der Waals surface area contributed by atoms with Crippen molar-refractivity contribution in [2.45, 2.75) is 68.5 Å². The molecule has 1 saturated carbocycles. The summed E-state index contributed by atoms with van der Waals surface area (Å²) in [5.74, 6) is -0.696. The van der Waals surface area contributed by atoms with E-state index in [-0.39, 0.29) is 11.8 Å². The van der Waals surface area contributed by atoms with Gasteiger partial charge in [0.05, 0.1) is 11.0 Å². The second-order valence-electron chi connectivity index (χ2n) is 12.3. The third-order valence-corrected chi connectivity index (χ3v) is 10.0. The molecule has 0 unspecified atom stereocenters. The number of pyridine rings is 1. The Morgan fingerprint density at radius 2 is 1.70 bits per heavy atom. The van der Waals surface area contributed by atoms with E-state index >= 15 is 0 Å². The standard InChI is InChI=1S/C32H32F2N4O2/c1-30(23-13-24(33)15-25(34)14-23)19-37(2)32(9-3-4-10-32)29(40)38(30)18-20-7-8-21-16-31(17-22(21)12-20)26-6-5-11-35-27(26)36-28(31)39/h5-8,11-15H,3-4,9-10,16-19H2,1-2H3,(H,35,36,39)/t30-,31+/m0/s1. The smallest absolute Gasteiger partial charge is 0.244 e. The Hall–Kier alpha value is -3.65. The number of nitrogens with zero attached hydrogens (tertiary/aromatic N) is 3. The summed E-state index contributed by atoms with van der Waals surface area (Å²) in [5, 5.41) is 2.95. The molecule has 0 bridgehead atoms. The molecule has 0 radical (unpaired) electrons. The SMILES string of the molecule is CN1C[C@@](C)(c2cc(F)cc(F)c2)N(Cc2ccc3c(c2)C[C@@]2(C3)C(=O)Nc3ncccc32)C(=O)C12CCCC2. The van der Waals surface area contributed by atoms with E-state index < -0.39 is 28.1 Å². The number of aromatic nitrogens is 1. The van der Waals surface area contributed by atoms with Crippen LogP contribution < -0.4 is 5.32 Å². The van der Waals surface area contributed by atoms with E-state index in [1.54, 1.807) is 6.20 Å². The maximum absolute atomic E-state index is 14.4. The summed E-state index contributed by atoms with van der Waals surface area (Å²) in [6.45, 7) is 2.69. The minimum absolute atomic E-state index is 0.0121. The number of hydrogen-bond acceptors (Lipinski definition) is 4.